The summed E-state index contributed by atoms with van der Waals surface area (Å²) in [5.41, 5.74) is 4.37. The van der Waals surface area contributed by atoms with Gasteiger partial charge >= 0.3 is 0 Å². The monoisotopic (exact) mass is 363 g/mol. The fourth-order valence-electron chi connectivity index (χ4n) is 2.66. The number of furan rings is 1. The van der Waals surface area contributed by atoms with Crippen LogP contribution in [0.15, 0.2) is 34.7 Å². The summed E-state index contributed by atoms with van der Waals surface area (Å²) >= 11 is 12.0. The molecule has 0 aliphatic heterocycles. The average molecular weight is 364 g/mol. The summed E-state index contributed by atoms with van der Waals surface area (Å²) in [6.07, 6.45) is 0. The van der Waals surface area contributed by atoms with Crippen LogP contribution in [-0.4, -0.2) is 9.78 Å². The molecular weight excluding hydrogens is 345 g/mol. The SMILES string of the molecule is Cc1nn(C)c(C)c1CNCc1ccc(-c2ccc(Cl)c(Cl)c2)o1. The van der Waals surface area contributed by atoms with E-state index < -0.39 is 0 Å². The number of aromatic nitrogens is 2. The summed E-state index contributed by atoms with van der Waals surface area (Å²) in [5, 5.41) is 8.89. The predicted molar refractivity (Wildman–Crippen MR) is 97.4 cm³/mol. The van der Waals surface area contributed by atoms with Gasteiger partial charge in [0.15, 0.2) is 0 Å². The van der Waals surface area contributed by atoms with Gasteiger partial charge in [0.2, 0.25) is 0 Å². The minimum atomic E-state index is 0.521. The van der Waals surface area contributed by atoms with Crippen molar-refractivity contribution in [2.24, 2.45) is 7.05 Å². The summed E-state index contributed by atoms with van der Waals surface area (Å²) in [4.78, 5) is 0. The second kappa shape index (κ2) is 7.01. The van der Waals surface area contributed by atoms with Gasteiger partial charge in [0.05, 0.1) is 22.3 Å². The quantitative estimate of drug-likeness (QED) is 0.701. The number of rotatable bonds is 5. The third-order valence-electron chi connectivity index (χ3n) is 4.13. The largest absolute Gasteiger partial charge is 0.460 e. The van der Waals surface area contributed by atoms with Crippen molar-refractivity contribution in [2.45, 2.75) is 26.9 Å². The first-order valence-corrected chi connectivity index (χ1v) is 8.45. The lowest BCUT2D eigenvalue weighted by Gasteiger charge is -2.04. The Balaban J connectivity index is 1.65. The molecule has 24 heavy (non-hydrogen) atoms. The van der Waals surface area contributed by atoms with E-state index in [1.54, 1.807) is 6.07 Å². The molecule has 0 bridgehead atoms. The standard InChI is InChI=1S/C18H19Cl2N3O/c1-11-15(12(2)23(3)22-11)10-21-9-14-5-7-18(24-14)13-4-6-16(19)17(20)8-13/h4-8,21H,9-10H2,1-3H3. The fourth-order valence-corrected chi connectivity index (χ4v) is 2.96. The van der Waals surface area contributed by atoms with E-state index in [4.69, 9.17) is 27.6 Å². The van der Waals surface area contributed by atoms with Crippen molar-refractivity contribution >= 4 is 23.2 Å². The van der Waals surface area contributed by atoms with Gasteiger partial charge in [-0.05, 0) is 44.2 Å². The lowest BCUT2D eigenvalue weighted by molar-refractivity contribution is 0.493. The number of aryl methyl sites for hydroxylation is 2. The van der Waals surface area contributed by atoms with Crippen LogP contribution < -0.4 is 5.32 Å². The van der Waals surface area contributed by atoms with Gasteiger partial charge in [0.1, 0.15) is 11.5 Å². The van der Waals surface area contributed by atoms with Gasteiger partial charge in [-0.25, -0.2) is 0 Å². The van der Waals surface area contributed by atoms with Crippen molar-refractivity contribution in [1.29, 1.82) is 0 Å². The zero-order chi connectivity index (χ0) is 17.3. The Kier molecular flexibility index (Phi) is 4.99. The van der Waals surface area contributed by atoms with Crippen molar-refractivity contribution < 1.29 is 4.42 Å². The highest BCUT2D eigenvalue weighted by atomic mass is 35.5. The van der Waals surface area contributed by atoms with Gasteiger partial charge in [-0.1, -0.05) is 23.2 Å². The first-order chi connectivity index (χ1) is 11.5. The van der Waals surface area contributed by atoms with E-state index >= 15 is 0 Å². The Hall–Kier alpha value is -1.75. The molecule has 0 aliphatic rings. The van der Waals surface area contributed by atoms with Crippen LogP contribution >= 0.6 is 23.2 Å². The van der Waals surface area contributed by atoms with Crippen molar-refractivity contribution in [1.82, 2.24) is 15.1 Å². The van der Waals surface area contributed by atoms with Crippen LogP contribution in [0.2, 0.25) is 10.0 Å². The van der Waals surface area contributed by atoms with Crippen molar-refractivity contribution in [3.63, 3.8) is 0 Å². The summed E-state index contributed by atoms with van der Waals surface area (Å²) < 4.78 is 7.79. The molecule has 1 N–H and O–H groups in total. The van der Waals surface area contributed by atoms with Gasteiger partial charge in [-0.2, -0.15) is 5.10 Å². The summed E-state index contributed by atoms with van der Waals surface area (Å²) in [6, 6.07) is 9.38. The predicted octanol–water partition coefficient (Wildman–Crippen LogP) is 4.89. The lowest BCUT2D eigenvalue weighted by Crippen LogP contribution is -2.13. The van der Waals surface area contributed by atoms with E-state index in [0.717, 1.165) is 29.3 Å². The molecule has 126 valence electrons. The topological polar surface area (TPSA) is 43.0 Å². The Morgan fingerprint density at radius 1 is 1.08 bits per heavy atom. The van der Waals surface area contributed by atoms with Crippen LogP contribution in [0.5, 0.6) is 0 Å². The molecule has 2 aromatic heterocycles. The zero-order valence-electron chi connectivity index (χ0n) is 13.9. The number of nitrogens with one attached hydrogen (secondary N) is 1. The van der Waals surface area contributed by atoms with E-state index in [-0.39, 0.29) is 0 Å². The fraction of sp³-hybridized carbons (Fsp3) is 0.278. The van der Waals surface area contributed by atoms with Crippen molar-refractivity contribution in [3.05, 3.63) is 63.1 Å². The van der Waals surface area contributed by atoms with Gasteiger partial charge < -0.3 is 9.73 Å². The summed E-state index contributed by atoms with van der Waals surface area (Å²) in [5.74, 6) is 1.65. The Labute approximate surface area is 151 Å². The van der Waals surface area contributed by atoms with Crippen LogP contribution in [0, 0.1) is 13.8 Å². The molecule has 0 saturated heterocycles. The molecule has 2 heterocycles. The minimum Gasteiger partial charge on any atom is -0.460 e. The molecule has 0 fully saturated rings. The molecule has 0 radical (unpaired) electrons. The number of benzene rings is 1. The molecule has 4 nitrogen and oxygen atoms in total. The van der Waals surface area contributed by atoms with Crippen LogP contribution in [0.3, 0.4) is 0 Å². The number of hydrogen-bond acceptors (Lipinski definition) is 3. The second-order valence-corrected chi connectivity index (χ2v) is 6.59. The van der Waals surface area contributed by atoms with Gasteiger partial charge in [-0.15, -0.1) is 0 Å². The Morgan fingerprint density at radius 2 is 1.88 bits per heavy atom. The van der Waals surface area contributed by atoms with E-state index in [1.807, 2.05) is 42.9 Å². The molecule has 3 rings (SSSR count). The smallest absolute Gasteiger partial charge is 0.134 e. The van der Waals surface area contributed by atoms with Gasteiger partial charge in [0, 0.05) is 30.4 Å². The highest BCUT2D eigenvalue weighted by Gasteiger charge is 2.10. The van der Waals surface area contributed by atoms with Crippen LogP contribution in [-0.2, 0) is 20.1 Å². The van der Waals surface area contributed by atoms with Crippen LogP contribution in [0.1, 0.15) is 22.7 Å². The second-order valence-electron chi connectivity index (χ2n) is 5.77. The Bertz CT molecular complexity index is 867. The summed E-state index contributed by atoms with van der Waals surface area (Å²) in [6.45, 7) is 5.51. The highest BCUT2D eigenvalue weighted by molar-refractivity contribution is 6.42. The lowest BCUT2D eigenvalue weighted by atomic mass is 10.2. The maximum absolute atomic E-state index is 6.06. The van der Waals surface area contributed by atoms with Gasteiger partial charge in [-0.3, -0.25) is 4.68 Å². The number of nitrogens with zero attached hydrogens (tertiary/aromatic N) is 2. The minimum absolute atomic E-state index is 0.521. The average Bonchev–Trinajstić information content (AvgIpc) is 3.10. The van der Waals surface area contributed by atoms with E-state index in [1.165, 1.54) is 11.3 Å². The maximum atomic E-state index is 6.06. The molecule has 0 atom stereocenters. The molecular formula is C18H19Cl2N3O. The molecule has 0 saturated carbocycles. The van der Waals surface area contributed by atoms with E-state index in [0.29, 0.717) is 16.6 Å². The van der Waals surface area contributed by atoms with Crippen molar-refractivity contribution in [3.8, 4) is 11.3 Å². The highest BCUT2D eigenvalue weighted by Crippen LogP contribution is 2.29. The first-order valence-electron chi connectivity index (χ1n) is 7.69. The summed E-state index contributed by atoms with van der Waals surface area (Å²) in [7, 11) is 1.96. The van der Waals surface area contributed by atoms with Crippen LogP contribution in [0.25, 0.3) is 11.3 Å². The normalized spacial score (nSPS) is 11.2. The maximum Gasteiger partial charge on any atom is 0.134 e. The molecule has 0 unspecified atom stereocenters. The zero-order valence-corrected chi connectivity index (χ0v) is 15.4. The van der Waals surface area contributed by atoms with E-state index in [9.17, 15) is 0 Å². The third kappa shape index (κ3) is 3.51. The molecule has 0 spiro atoms. The number of halogens is 2. The molecule has 0 aliphatic carbocycles. The first kappa shape index (κ1) is 17.1. The number of hydrogen-bond donors (Lipinski definition) is 1. The van der Waals surface area contributed by atoms with E-state index in [2.05, 4.69) is 17.3 Å². The molecule has 6 heteroatoms. The molecule has 0 amide bonds. The van der Waals surface area contributed by atoms with Crippen LogP contribution in [0.4, 0.5) is 0 Å². The van der Waals surface area contributed by atoms with Crippen molar-refractivity contribution in [2.75, 3.05) is 0 Å². The Morgan fingerprint density at radius 3 is 2.54 bits per heavy atom. The van der Waals surface area contributed by atoms with Gasteiger partial charge in [0.25, 0.3) is 0 Å². The third-order valence-corrected chi connectivity index (χ3v) is 4.86. The molecule has 3 aromatic rings. The molecule has 1 aromatic carbocycles.